The zero-order chi connectivity index (χ0) is 22.0. The van der Waals surface area contributed by atoms with Gasteiger partial charge in [0, 0.05) is 28.2 Å². The number of nitrogens with zero attached hydrogens (tertiary/aromatic N) is 1. The molecular formula is C24H21Br2FN2O2. The first-order valence-electron chi connectivity index (χ1n) is 9.94. The molecule has 0 aromatic heterocycles. The van der Waals surface area contributed by atoms with Crippen LogP contribution in [0.1, 0.15) is 42.2 Å². The van der Waals surface area contributed by atoms with Crippen LogP contribution in [-0.2, 0) is 0 Å². The Labute approximate surface area is 197 Å². The highest BCUT2D eigenvalue weighted by Crippen LogP contribution is 2.39. The lowest BCUT2D eigenvalue weighted by Crippen LogP contribution is -2.33. The first-order valence-corrected chi connectivity index (χ1v) is 11.5. The van der Waals surface area contributed by atoms with E-state index in [9.17, 15) is 9.50 Å². The van der Waals surface area contributed by atoms with Crippen LogP contribution < -0.4 is 10.1 Å². The summed E-state index contributed by atoms with van der Waals surface area (Å²) in [6.45, 7) is 2.35. The molecule has 7 heteroatoms. The second-order valence-electron chi connectivity index (χ2n) is 7.21. The number of halogens is 3. The largest absolute Gasteiger partial charge is 0.504 e. The van der Waals surface area contributed by atoms with Crippen LogP contribution in [0.2, 0.25) is 0 Å². The van der Waals surface area contributed by atoms with Crippen LogP contribution in [0.25, 0.3) is 0 Å². The molecule has 0 spiro atoms. The van der Waals surface area contributed by atoms with Gasteiger partial charge in [0.05, 0.1) is 11.1 Å². The van der Waals surface area contributed by atoms with Gasteiger partial charge in [0.15, 0.2) is 11.5 Å². The molecule has 160 valence electrons. The summed E-state index contributed by atoms with van der Waals surface area (Å²) in [5, 5.41) is 14.3. The van der Waals surface area contributed by atoms with Crippen LogP contribution in [0.3, 0.4) is 0 Å². The number of hydrogen-bond donors (Lipinski definition) is 2. The Hall–Kier alpha value is -2.22. The molecule has 0 bridgehead atoms. The van der Waals surface area contributed by atoms with E-state index >= 15 is 0 Å². The van der Waals surface area contributed by atoms with Crippen LogP contribution in [0.15, 0.2) is 74.6 Å². The van der Waals surface area contributed by atoms with Crippen LogP contribution in [0.5, 0.6) is 11.5 Å². The molecule has 2 N–H and O–H groups in total. The number of nitrogens with one attached hydrogen (secondary N) is 1. The van der Waals surface area contributed by atoms with Crippen molar-refractivity contribution in [3.8, 4) is 11.5 Å². The predicted molar refractivity (Wildman–Crippen MR) is 127 cm³/mol. The number of phenols is 1. The summed E-state index contributed by atoms with van der Waals surface area (Å²) in [4.78, 5) is 4.92. The smallest absolute Gasteiger partial charge is 0.162 e. The summed E-state index contributed by atoms with van der Waals surface area (Å²) >= 11 is 6.74. The number of aliphatic imine (C=N–C) groups is 1. The molecule has 0 saturated heterocycles. The average Bonchev–Trinajstić information content (AvgIpc) is 2.77. The number of ether oxygens (including phenoxy) is 1. The van der Waals surface area contributed by atoms with Crippen molar-refractivity contribution in [3.05, 3.63) is 92.1 Å². The fourth-order valence-corrected chi connectivity index (χ4v) is 4.33. The van der Waals surface area contributed by atoms with Gasteiger partial charge in [-0.05, 0) is 64.3 Å². The minimum Gasteiger partial charge on any atom is -0.504 e. The molecule has 4 nitrogen and oxygen atoms in total. The Morgan fingerprint density at radius 3 is 2.61 bits per heavy atom. The number of hydrogen-bond acceptors (Lipinski definition) is 4. The number of aromatic hydroxyl groups is 1. The van der Waals surface area contributed by atoms with Gasteiger partial charge in [0.2, 0.25) is 0 Å². The minimum atomic E-state index is -0.399. The van der Waals surface area contributed by atoms with Crippen molar-refractivity contribution in [2.24, 2.45) is 4.99 Å². The minimum absolute atomic E-state index is 0.123. The molecule has 1 heterocycles. The van der Waals surface area contributed by atoms with Gasteiger partial charge < -0.3 is 9.84 Å². The van der Waals surface area contributed by atoms with E-state index in [-0.39, 0.29) is 17.6 Å². The van der Waals surface area contributed by atoms with Gasteiger partial charge >= 0.3 is 0 Å². The van der Waals surface area contributed by atoms with Gasteiger partial charge in [-0.15, -0.1) is 0 Å². The molecule has 1 aliphatic rings. The van der Waals surface area contributed by atoms with Crippen molar-refractivity contribution in [2.45, 2.75) is 25.6 Å². The van der Waals surface area contributed by atoms with Crippen molar-refractivity contribution in [2.75, 3.05) is 6.61 Å². The lowest BCUT2D eigenvalue weighted by atomic mass is 9.93. The van der Waals surface area contributed by atoms with Crippen LogP contribution in [0, 0.1) is 5.82 Å². The molecular weight excluding hydrogens is 527 g/mol. The maximum atomic E-state index is 13.8. The second-order valence-corrected chi connectivity index (χ2v) is 8.98. The molecule has 2 atom stereocenters. The molecule has 3 aromatic carbocycles. The lowest BCUT2D eigenvalue weighted by molar-refractivity contribution is 0.313. The summed E-state index contributed by atoms with van der Waals surface area (Å²) in [5.74, 6) is 0.254. The summed E-state index contributed by atoms with van der Waals surface area (Å²) in [5.41, 5.74) is 3.47. The SMILES string of the molecule is CCOc1cccc(C2CC(c3ccc(Br)cc3)=NC(c3ccc(F)c(Br)c3)N2)c1O. The zero-order valence-corrected chi connectivity index (χ0v) is 20.0. The number of benzene rings is 3. The van der Waals surface area contributed by atoms with Gasteiger partial charge in [-0.3, -0.25) is 10.3 Å². The highest BCUT2D eigenvalue weighted by Gasteiger charge is 2.29. The third kappa shape index (κ3) is 4.84. The zero-order valence-electron chi connectivity index (χ0n) is 16.8. The second kappa shape index (κ2) is 9.51. The lowest BCUT2D eigenvalue weighted by Gasteiger charge is -2.31. The monoisotopic (exact) mass is 546 g/mol. The summed E-state index contributed by atoms with van der Waals surface area (Å²) in [7, 11) is 0. The quantitative estimate of drug-likeness (QED) is 0.374. The standard InChI is InChI=1S/C24H21Br2FN2O2/c1-2-31-22-5-3-4-17(23(22)30)21-13-20(14-6-9-16(25)10-7-14)28-24(29-21)15-8-11-19(27)18(26)12-15/h3-12,21,24,29-30H,2,13H2,1H3. The third-order valence-corrected chi connectivity index (χ3v) is 6.32. The number of phenolic OH excluding ortho intramolecular Hbond substituents is 1. The Balaban J connectivity index is 1.76. The molecule has 3 aromatic rings. The van der Waals surface area contributed by atoms with E-state index in [2.05, 4.69) is 37.2 Å². The van der Waals surface area contributed by atoms with Gasteiger partial charge in [-0.25, -0.2) is 4.39 Å². The van der Waals surface area contributed by atoms with Gasteiger partial charge in [-0.1, -0.05) is 46.3 Å². The predicted octanol–water partition coefficient (Wildman–Crippen LogP) is 6.68. The van der Waals surface area contributed by atoms with Crippen molar-refractivity contribution in [1.82, 2.24) is 5.32 Å². The summed E-state index contributed by atoms with van der Waals surface area (Å²) in [6, 6.07) is 18.2. The third-order valence-electron chi connectivity index (χ3n) is 5.18. The molecule has 2 unspecified atom stereocenters. The van der Waals surface area contributed by atoms with E-state index in [1.165, 1.54) is 6.07 Å². The summed E-state index contributed by atoms with van der Waals surface area (Å²) < 4.78 is 20.7. The molecule has 31 heavy (non-hydrogen) atoms. The fraction of sp³-hybridized carbons (Fsp3) is 0.208. The van der Waals surface area contributed by atoms with Crippen molar-refractivity contribution in [1.29, 1.82) is 0 Å². The van der Waals surface area contributed by atoms with Crippen molar-refractivity contribution >= 4 is 37.6 Å². The Morgan fingerprint density at radius 2 is 1.90 bits per heavy atom. The van der Waals surface area contributed by atoms with E-state index in [4.69, 9.17) is 9.73 Å². The van der Waals surface area contributed by atoms with E-state index in [1.807, 2.05) is 43.3 Å². The highest BCUT2D eigenvalue weighted by atomic mass is 79.9. The van der Waals surface area contributed by atoms with E-state index < -0.39 is 6.17 Å². The molecule has 0 saturated carbocycles. The maximum Gasteiger partial charge on any atom is 0.162 e. The van der Waals surface area contributed by atoms with Crippen LogP contribution in [0.4, 0.5) is 4.39 Å². The number of rotatable bonds is 5. The summed E-state index contributed by atoms with van der Waals surface area (Å²) in [6.07, 6.45) is 0.188. The Morgan fingerprint density at radius 1 is 1.13 bits per heavy atom. The van der Waals surface area contributed by atoms with Gasteiger partial charge in [0.1, 0.15) is 12.0 Å². The molecule has 1 aliphatic heterocycles. The van der Waals surface area contributed by atoms with E-state index in [1.54, 1.807) is 18.2 Å². The van der Waals surface area contributed by atoms with Crippen LogP contribution >= 0.6 is 31.9 Å². The molecule has 0 fully saturated rings. The topological polar surface area (TPSA) is 53.8 Å². The van der Waals surface area contributed by atoms with Gasteiger partial charge in [-0.2, -0.15) is 0 Å². The molecule has 0 amide bonds. The van der Waals surface area contributed by atoms with Crippen molar-refractivity contribution < 1.29 is 14.2 Å². The molecule has 0 radical (unpaired) electrons. The van der Waals surface area contributed by atoms with Crippen molar-refractivity contribution in [3.63, 3.8) is 0 Å². The molecule has 4 rings (SSSR count). The Bertz CT molecular complexity index is 1120. The number of para-hydroxylation sites is 1. The van der Waals surface area contributed by atoms with Gasteiger partial charge in [0.25, 0.3) is 0 Å². The maximum absolute atomic E-state index is 13.8. The first-order chi connectivity index (χ1) is 15.0. The Kier molecular flexibility index (Phi) is 6.74. The fourth-order valence-electron chi connectivity index (χ4n) is 3.67. The molecule has 0 aliphatic carbocycles. The normalized spacial score (nSPS) is 18.5. The highest BCUT2D eigenvalue weighted by molar-refractivity contribution is 9.10. The van der Waals surface area contributed by atoms with Crippen LogP contribution in [-0.4, -0.2) is 17.4 Å². The van der Waals surface area contributed by atoms with E-state index in [0.29, 0.717) is 23.2 Å². The van der Waals surface area contributed by atoms with E-state index in [0.717, 1.165) is 26.9 Å². The first kappa shape index (κ1) is 22.0. The average molecular weight is 548 g/mol.